The zero-order chi connectivity index (χ0) is 21.7. The number of rotatable bonds is 9. The summed E-state index contributed by atoms with van der Waals surface area (Å²) in [5.41, 5.74) is 11.6. The Balaban J connectivity index is 1.65. The summed E-state index contributed by atoms with van der Waals surface area (Å²) in [4.78, 5) is 37.2. The summed E-state index contributed by atoms with van der Waals surface area (Å²) in [6.45, 7) is 0.237. The number of carbonyl (C=O) groups is 2. The highest BCUT2D eigenvalue weighted by Gasteiger charge is 2.23. The first kappa shape index (κ1) is 21.3. The fourth-order valence-electron chi connectivity index (χ4n) is 2.82. The number of hydrogen-bond acceptors (Lipinski definition) is 10. The van der Waals surface area contributed by atoms with Crippen LogP contribution in [0.3, 0.4) is 0 Å². The third kappa shape index (κ3) is 4.96. The molecule has 2 aromatic rings. The molecule has 0 bridgehead atoms. The second kappa shape index (κ2) is 9.41. The second-order valence-electron chi connectivity index (χ2n) is 6.12. The van der Waals surface area contributed by atoms with Crippen molar-refractivity contribution in [3.63, 3.8) is 0 Å². The van der Waals surface area contributed by atoms with E-state index in [-0.39, 0.29) is 58.0 Å². The molecule has 1 aliphatic rings. The van der Waals surface area contributed by atoms with Gasteiger partial charge >= 0.3 is 0 Å². The molecule has 0 aromatic carbocycles. The van der Waals surface area contributed by atoms with Gasteiger partial charge in [0.2, 0.25) is 30.6 Å². The molecule has 2 atom stereocenters. The molecule has 0 unspecified atom stereocenters. The lowest BCUT2D eigenvalue weighted by Gasteiger charge is -2.18. The minimum absolute atomic E-state index is 0.00122. The molecule has 2 amide bonds. The molecule has 2 aromatic heterocycles. The van der Waals surface area contributed by atoms with Gasteiger partial charge in [0, 0.05) is 12.0 Å². The lowest BCUT2D eigenvalue weighted by Crippen LogP contribution is -2.20. The van der Waals surface area contributed by atoms with E-state index in [0.717, 1.165) is 0 Å². The van der Waals surface area contributed by atoms with Gasteiger partial charge < -0.3 is 32.2 Å². The SMILES string of the molecule is Nc1nc(Cl)c(NC=O)c(N[C@H]2C=C[C@H](COc3nc(N)nc(Cl)c3NC=O)C2)n1. The number of amides is 2. The standard InChI is InChI=1S/C16H17Cl2N9O3/c17-11-9(21-5-28)13(26-15(19)24-11)23-8-2-1-7(3-8)4-30-14-10(22-6-29)12(18)25-16(20)27-14/h1-2,5-8H,3-4H2,(H,21,28)(H,22,29)(H2,20,25,27)(H3,19,23,24,26)/t7-,8-/m0/s1. The number of nitrogens with one attached hydrogen (secondary N) is 3. The van der Waals surface area contributed by atoms with Crippen molar-refractivity contribution in [1.29, 1.82) is 0 Å². The van der Waals surface area contributed by atoms with Crippen LogP contribution < -0.4 is 32.2 Å². The Morgan fingerprint density at radius 3 is 2.33 bits per heavy atom. The molecular weight excluding hydrogens is 437 g/mol. The molecule has 3 rings (SSSR count). The number of nitrogens with two attached hydrogens (primary N) is 2. The van der Waals surface area contributed by atoms with Crippen molar-refractivity contribution in [2.45, 2.75) is 12.5 Å². The van der Waals surface area contributed by atoms with Crippen LogP contribution in [-0.2, 0) is 9.59 Å². The Morgan fingerprint density at radius 1 is 1.00 bits per heavy atom. The van der Waals surface area contributed by atoms with Crippen molar-refractivity contribution in [3.8, 4) is 5.88 Å². The number of hydrogen-bond donors (Lipinski definition) is 5. The molecule has 1 aliphatic carbocycles. The van der Waals surface area contributed by atoms with Crippen molar-refractivity contribution in [3.05, 3.63) is 22.5 Å². The maximum absolute atomic E-state index is 10.8. The zero-order valence-electron chi connectivity index (χ0n) is 15.3. The molecule has 12 nitrogen and oxygen atoms in total. The molecule has 7 N–H and O–H groups in total. The van der Waals surface area contributed by atoms with Crippen LogP contribution in [0.2, 0.25) is 10.3 Å². The van der Waals surface area contributed by atoms with Crippen molar-refractivity contribution in [1.82, 2.24) is 19.9 Å². The van der Waals surface area contributed by atoms with Crippen LogP contribution in [-0.4, -0.2) is 45.4 Å². The molecule has 0 aliphatic heterocycles. The van der Waals surface area contributed by atoms with Crippen LogP contribution >= 0.6 is 23.2 Å². The number of aromatic nitrogens is 4. The van der Waals surface area contributed by atoms with E-state index >= 15 is 0 Å². The average Bonchev–Trinajstić information content (AvgIpc) is 3.12. The van der Waals surface area contributed by atoms with Gasteiger partial charge in [-0.1, -0.05) is 35.4 Å². The third-order valence-corrected chi connectivity index (χ3v) is 4.61. The summed E-state index contributed by atoms with van der Waals surface area (Å²) in [7, 11) is 0. The van der Waals surface area contributed by atoms with Gasteiger partial charge in [0.05, 0.1) is 6.61 Å². The van der Waals surface area contributed by atoms with E-state index in [2.05, 4.69) is 35.9 Å². The molecule has 0 spiro atoms. The number of carbonyl (C=O) groups excluding carboxylic acids is 2. The molecule has 0 saturated carbocycles. The minimum Gasteiger partial charge on any atom is -0.475 e. The van der Waals surface area contributed by atoms with Gasteiger partial charge in [-0.3, -0.25) is 9.59 Å². The highest BCUT2D eigenvalue weighted by molar-refractivity contribution is 6.33. The number of nitrogens with zero attached hydrogens (tertiary/aromatic N) is 4. The lowest BCUT2D eigenvalue weighted by atomic mass is 10.1. The predicted molar refractivity (Wildman–Crippen MR) is 112 cm³/mol. The Bertz CT molecular complexity index is 989. The smallest absolute Gasteiger partial charge is 0.244 e. The number of halogens is 2. The highest BCUT2D eigenvalue weighted by Crippen LogP contribution is 2.32. The minimum atomic E-state index is -0.136. The van der Waals surface area contributed by atoms with Crippen molar-refractivity contribution in [2.75, 3.05) is 34.0 Å². The van der Waals surface area contributed by atoms with Crippen molar-refractivity contribution < 1.29 is 14.3 Å². The van der Waals surface area contributed by atoms with Gasteiger partial charge in [0.15, 0.2) is 16.1 Å². The average molecular weight is 454 g/mol. The van der Waals surface area contributed by atoms with Gasteiger partial charge in [-0.25, -0.2) is 0 Å². The number of ether oxygens (including phenoxy) is 1. The maximum Gasteiger partial charge on any atom is 0.244 e. The molecule has 14 heteroatoms. The molecule has 2 heterocycles. The van der Waals surface area contributed by atoms with Gasteiger partial charge in [0.25, 0.3) is 0 Å². The summed E-state index contributed by atoms with van der Waals surface area (Å²) >= 11 is 12.0. The first-order chi connectivity index (χ1) is 14.4. The summed E-state index contributed by atoms with van der Waals surface area (Å²) in [5.74, 6) is 0.246. The lowest BCUT2D eigenvalue weighted by molar-refractivity contribution is -0.106. The largest absolute Gasteiger partial charge is 0.475 e. The van der Waals surface area contributed by atoms with Gasteiger partial charge in [-0.15, -0.1) is 0 Å². The van der Waals surface area contributed by atoms with Crippen LogP contribution in [0.1, 0.15) is 6.42 Å². The van der Waals surface area contributed by atoms with Crippen LogP contribution in [0.5, 0.6) is 5.88 Å². The molecule has 0 saturated heterocycles. The fraction of sp³-hybridized carbons (Fsp3) is 0.250. The Hall–Kier alpha value is -3.38. The zero-order valence-corrected chi connectivity index (χ0v) is 16.8. The highest BCUT2D eigenvalue weighted by atomic mass is 35.5. The summed E-state index contributed by atoms with van der Waals surface area (Å²) < 4.78 is 5.69. The van der Waals surface area contributed by atoms with Crippen LogP contribution in [0.15, 0.2) is 12.2 Å². The van der Waals surface area contributed by atoms with E-state index in [9.17, 15) is 9.59 Å². The molecule has 158 valence electrons. The molecule has 30 heavy (non-hydrogen) atoms. The summed E-state index contributed by atoms with van der Waals surface area (Å²) in [6.07, 6.45) is 5.39. The van der Waals surface area contributed by atoms with E-state index < -0.39 is 0 Å². The predicted octanol–water partition coefficient (Wildman–Crippen LogP) is 1.31. The summed E-state index contributed by atoms with van der Waals surface area (Å²) in [6, 6.07) is -0.136. The quantitative estimate of drug-likeness (QED) is 0.210. The van der Waals surface area contributed by atoms with Crippen LogP contribution in [0, 0.1) is 5.92 Å². The van der Waals surface area contributed by atoms with E-state index in [1.165, 1.54) is 0 Å². The van der Waals surface area contributed by atoms with Crippen LogP contribution in [0.25, 0.3) is 0 Å². The molecule has 0 fully saturated rings. The van der Waals surface area contributed by atoms with E-state index in [4.69, 9.17) is 39.4 Å². The topological polar surface area (TPSA) is 183 Å². The molecular formula is C16H17Cl2N9O3. The first-order valence-electron chi connectivity index (χ1n) is 8.55. The normalized spacial score (nSPS) is 17.4. The third-order valence-electron chi connectivity index (χ3n) is 4.07. The van der Waals surface area contributed by atoms with E-state index in [1.807, 2.05) is 12.2 Å². The van der Waals surface area contributed by atoms with Crippen molar-refractivity contribution in [2.24, 2.45) is 5.92 Å². The van der Waals surface area contributed by atoms with Gasteiger partial charge in [0.1, 0.15) is 11.4 Å². The summed E-state index contributed by atoms with van der Waals surface area (Å²) in [5, 5.41) is 7.99. The Morgan fingerprint density at radius 2 is 1.63 bits per heavy atom. The monoisotopic (exact) mass is 453 g/mol. The first-order valence-corrected chi connectivity index (χ1v) is 9.31. The molecule has 0 radical (unpaired) electrons. The Labute approximate surface area is 180 Å². The number of anilines is 5. The maximum atomic E-state index is 10.8. The van der Waals surface area contributed by atoms with Crippen LogP contribution in [0.4, 0.5) is 29.1 Å². The van der Waals surface area contributed by atoms with E-state index in [0.29, 0.717) is 25.1 Å². The number of nitrogen functional groups attached to an aromatic ring is 2. The Kier molecular flexibility index (Phi) is 6.69. The van der Waals surface area contributed by atoms with Crippen molar-refractivity contribution >= 4 is 65.1 Å². The van der Waals surface area contributed by atoms with Gasteiger partial charge in [-0.05, 0) is 6.42 Å². The fourth-order valence-corrected chi connectivity index (χ4v) is 3.27. The van der Waals surface area contributed by atoms with Gasteiger partial charge in [-0.2, -0.15) is 19.9 Å². The van der Waals surface area contributed by atoms with E-state index in [1.54, 1.807) is 0 Å². The second-order valence-corrected chi connectivity index (χ2v) is 6.83.